The average molecular weight is 483 g/mol. The summed E-state index contributed by atoms with van der Waals surface area (Å²) in [5.41, 5.74) is 8.00. The molecule has 6 bridgehead atoms. The zero-order chi connectivity index (χ0) is 24.6. The number of hydrogen-bond acceptors (Lipinski definition) is 6. The lowest BCUT2D eigenvalue weighted by atomic mass is 9.89. The third-order valence-electron chi connectivity index (χ3n) is 6.80. The molecule has 0 amide bonds. The molecule has 2 atom stereocenters. The smallest absolute Gasteiger partial charge is 0.0858 e. The van der Waals surface area contributed by atoms with E-state index in [9.17, 15) is 0 Å². The molecular weight excluding hydrogens is 460 g/mol. The Morgan fingerprint density at radius 1 is 0.405 bits per heavy atom. The molecule has 1 aliphatic heterocycles. The average Bonchev–Trinajstić information content (AvgIpc) is 3.66. The molecule has 8 heteroatoms. The van der Waals surface area contributed by atoms with Crippen molar-refractivity contribution in [1.82, 2.24) is 40.3 Å². The Kier molecular flexibility index (Phi) is 5.13. The van der Waals surface area contributed by atoms with Gasteiger partial charge in [-0.2, -0.15) is 10.2 Å². The van der Waals surface area contributed by atoms with Crippen LogP contribution in [0.3, 0.4) is 0 Å². The van der Waals surface area contributed by atoms with Gasteiger partial charge in [0, 0.05) is 18.6 Å². The van der Waals surface area contributed by atoms with Crippen molar-refractivity contribution in [1.29, 1.82) is 0 Å². The fraction of sp³-hybridized carbons (Fsp3) is 0.103. The molecular formula is C29H22N8. The molecule has 0 radical (unpaired) electrons. The predicted octanol–water partition coefficient (Wildman–Crippen LogP) is 4.57. The lowest BCUT2D eigenvalue weighted by molar-refractivity contribution is 0.743. The summed E-state index contributed by atoms with van der Waals surface area (Å²) >= 11 is 0. The summed E-state index contributed by atoms with van der Waals surface area (Å²) in [4.78, 5) is 20.3. The van der Waals surface area contributed by atoms with E-state index in [-0.39, 0.29) is 17.8 Å². The number of pyridine rings is 4. The summed E-state index contributed by atoms with van der Waals surface area (Å²) in [7, 11) is 0. The first-order valence-electron chi connectivity index (χ1n) is 12.1. The van der Waals surface area contributed by atoms with Gasteiger partial charge in [-0.1, -0.05) is 24.3 Å². The van der Waals surface area contributed by atoms with Crippen LogP contribution in [0.5, 0.6) is 0 Å². The van der Waals surface area contributed by atoms with Gasteiger partial charge < -0.3 is 0 Å². The Hall–Kier alpha value is -4.98. The van der Waals surface area contributed by atoms with Crippen molar-refractivity contribution < 1.29 is 0 Å². The summed E-state index contributed by atoms with van der Waals surface area (Å²) in [6, 6.07) is 28.3. The van der Waals surface area contributed by atoms with Crippen LogP contribution in [0.2, 0.25) is 0 Å². The molecule has 6 aromatic rings. The van der Waals surface area contributed by atoms with E-state index in [0.29, 0.717) is 0 Å². The topological polar surface area (TPSA) is 109 Å². The normalized spacial score (nSPS) is 18.5. The van der Waals surface area contributed by atoms with Crippen molar-refractivity contribution in [3.8, 4) is 0 Å². The first-order valence-corrected chi connectivity index (χ1v) is 12.1. The van der Waals surface area contributed by atoms with Gasteiger partial charge in [0.1, 0.15) is 0 Å². The molecule has 7 rings (SSSR count). The van der Waals surface area contributed by atoms with Gasteiger partial charge >= 0.3 is 0 Å². The number of hydrogen-bond donors (Lipinski definition) is 2. The quantitative estimate of drug-likeness (QED) is 0.382. The van der Waals surface area contributed by atoms with E-state index < -0.39 is 0 Å². The number of nitrogens with one attached hydrogen (secondary N) is 2. The molecule has 0 saturated carbocycles. The second-order valence-corrected chi connectivity index (χ2v) is 9.04. The molecule has 0 fully saturated rings. The van der Waals surface area contributed by atoms with Gasteiger partial charge in [-0.05, 0) is 60.7 Å². The monoisotopic (exact) mass is 482 g/mol. The van der Waals surface area contributed by atoms with Crippen molar-refractivity contribution in [2.75, 3.05) is 0 Å². The van der Waals surface area contributed by atoms with Gasteiger partial charge in [0.15, 0.2) is 0 Å². The lowest BCUT2D eigenvalue weighted by Gasteiger charge is -2.23. The van der Waals surface area contributed by atoms with E-state index in [1.165, 1.54) is 0 Å². The second kappa shape index (κ2) is 8.91. The number of fused-ring (bicyclic) bond motifs is 6. The van der Waals surface area contributed by atoms with Crippen molar-refractivity contribution in [3.05, 3.63) is 155 Å². The first kappa shape index (κ1) is 21.3. The predicted molar refractivity (Wildman–Crippen MR) is 137 cm³/mol. The summed E-state index contributed by atoms with van der Waals surface area (Å²) in [5.74, 6) is -0.684. The highest BCUT2D eigenvalue weighted by Crippen LogP contribution is 2.36. The fourth-order valence-corrected chi connectivity index (χ4v) is 5.17. The van der Waals surface area contributed by atoms with Gasteiger partial charge in [-0.3, -0.25) is 30.1 Å². The third kappa shape index (κ3) is 3.79. The molecule has 7 heterocycles. The summed E-state index contributed by atoms with van der Waals surface area (Å²) in [5, 5.41) is 14.8. The zero-order valence-electron chi connectivity index (χ0n) is 19.7. The number of rotatable bonds is 3. The summed E-state index contributed by atoms with van der Waals surface area (Å²) in [6.07, 6.45) is 5.34. The van der Waals surface area contributed by atoms with Crippen LogP contribution < -0.4 is 0 Å². The van der Waals surface area contributed by atoms with Gasteiger partial charge in [0.25, 0.3) is 0 Å². The highest BCUT2D eigenvalue weighted by Gasteiger charge is 2.29. The van der Waals surface area contributed by atoms with Crippen LogP contribution in [0.4, 0.5) is 0 Å². The fourth-order valence-electron chi connectivity index (χ4n) is 5.17. The van der Waals surface area contributed by atoms with E-state index in [4.69, 9.17) is 19.9 Å². The number of aromatic amines is 2. The first-order chi connectivity index (χ1) is 18.3. The molecule has 0 spiro atoms. The van der Waals surface area contributed by atoms with Crippen LogP contribution in [0.15, 0.2) is 104 Å². The van der Waals surface area contributed by atoms with Gasteiger partial charge in [0.05, 0.1) is 69.0 Å². The molecule has 178 valence electrons. The van der Waals surface area contributed by atoms with E-state index in [1.54, 1.807) is 12.4 Å². The summed E-state index contributed by atoms with van der Waals surface area (Å²) < 4.78 is 0. The molecule has 8 nitrogen and oxygen atoms in total. The SMILES string of the molecule is c1ccc(C2c3cccc(n3)C(c3ccn[nH]3)c3cccc(n3)C(c3ccn[nH]3)c3cccc2n3)nc1. The lowest BCUT2D eigenvalue weighted by Crippen LogP contribution is -2.17. The van der Waals surface area contributed by atoms with E-state index in [0.717, 1.165) is 51.2 Å². The largest absolute Gasteiger partial charge is 0.281 e. The molecule has 6 aromatic heterocycles. The molecule has 2 N–H and O–H groups in total. The van der Waals surface area contributed by atoms with Crippen molar-refractivity contribution >= 4 is 0 Å². The van der Waals surface area contributed by atoms with Crippen LogP contribution in [-0.4, -0.2) is 40.3 Å². The van der Waals surface area contributed by atoms with Crippen LogP contribution in [0.25, 0.3) is 0 Å². The minimum Gasteiger partial charge on any atom is -0.281 e. The van der Waals surface area contributed by atoms with Gasteiger partial charge in [0.2, 0.25) is 0 Å². The molecule has 2 unspecified atom stereocenters. The van der Waals surface area contributed by atoms with Gasteiger partial charge in [-0.25, -0.2) is 0 Å². The highest BCUT2D eigenvalue weighted by atomic mass is 15.1. The number of nitrogens with zero attached hydrogens (tertiary/aromatic N) is 6. The maximum atomic E-state index is 5.19. The highest BCUT2D eigenvalue weighted by molar-refractivity contribution is 5.42. The molecule has 0 aromatic carbocycles. The van der Waals surface area contributed by atoms with E-state index in [1.807, 2.05) is 91.1 Å². The minimum atomic E-state index is -0.239. The van der Waals surface area contributed by atoms with Crippen LogP contribution >= 0.6 is 0 Å². The Morgan fingerprint density at radius 2 is 0.838 bits per heavy atom. The maximum Gasteiger partial charge on any atom is 0.0858 e. The Morgan fingerprint density at radius 3 is 1.22 bits per heavy atom. The van der Waals surface area contributed by atoms with E-state index in [2.05, 4.69) is 20.4 Å². The minimum absolute atomic E-state index is 0.222. The molecule has 0 aliphatic carbocycles. The molecule has 1 aliphatic rings. The third-order valence-corrected chi connectivity index (χ3v) is 6.80. The van der Waals surface area contributed by atoms with Crippen LogP contribution in [-0.2, 0) is 0 Å². The Labute approximate surface area is 212 Å². The zero-order valence-corrected chi connectivity index (χ0v) is 19.7. The number of aromatic nitrogens is 8. The maximum absolute atomic E-state index is 5.19. The van der Waals surface area contributed by atoms with Crippen molar-refractivity contribution in [3.63, 3.8) is 0 Å². The molecule has 37 heavy (non-hydrogen) atoms. The Balaban J connectivity index is 1.55. The van der Waals surface area contributed by atoms with Crippen LogP contribution in [0.1, 0.15) is 69.0 Å². The Bertz CT molecular complexity index is 1540. The second-order valence-electron chi connectivity index (χ2n) is 9.04. The van der Waals surface area contributed by atoms with Gasteiger partial charge in [-0.15, -0.1) is 0 Å². The van der Waals surface area contributed by atoms with Crippen molar-refractivity contribution in [2.45, 2.75) is 17.8 Å². The summed E-state index contributed by atoms with van der Waals surface area (Å²) in [6.45, 7) is 0. The van der Waals surface area contributed by atoms with E-state index >= 15 is 0 Å². The van der Waals surface area contributed by atoms with Crippen molar-refractivity contribution in [2.24, 2.45) is 0 Å². The van der Waals surface area contributed by atoms with Crippen LogP contribution in [0, 0.1) is 0 Å². The number of H-pyrrole nitrogens is 2. The molecule has 0 saturated heterocycles. The standard InChI is InChI=1S/C29H22N8/c1-2-15-30-18(6-1)27-19-7-3-9-21(33-19)28(25-13-16-31-36-25)23-11-5-12-24(35-23)29(26-14-17-32-37-26)22-10-4-8-20(27)34-22/h1-17,27-29H,(H,31,36)(H,32,37).